The van der Waals surface area contributed by atoms with Gasteiger partial charge in [-0.15, -0.1) is 0 Å². The zero-order valence-electron chi connectivity index (χ0n) is 17.5. The molecule has 0 aliphatic carbocycles. The van der Waals surface area contributed by atoms with Gasteiger partial charge in [0.25, 0.3) is 0 Å². The van der Waals surface area contributed by atoms with E-state index in [2.05, 4.69) is 40.9 Å². The molecule has 31 heavy (non-hydrogen) atoms. The predicted octanol–water partition coefficient (Wildman–Crippen LogP) is 3.60. The number of aromatic nitrogens is 6. The zero-order chi connectivity index (χ0) is 21.4. The van der Waals surface area contributed by atoms with Crippen LogP contribution >= 0.6 is 0 Å². The third kappa shape index (κ3) is 3.67. The Bertz CT molecular complexity index is 1220. The van der Waals surface area contributed by atoms with Gasteiger partial charge < -0.3 is 20.1 Å². The Hall–Kier alpha value is -3.95. The summed E-state index contributed by atoms with van der Waals surface area (Å²) in [7, 11) is 1.84. The van der Waals surface area contributed by atoms with Gasteiger partial charge in [-0.05, 0) is 32.4 Å². The molecular formula is C21H23N9O. The highest BCUT2D eigenvalue weighted by molar-refractivity contribution is 5.72. The Kier molecular flexibility index (Phi) is 4.73. The van der Waals surface area contributed by atoms with E-state index in [1.165, 1.54) is 0 Å². The molecule has 0 bridgehead atoms. The molecule has 1 aliphatic heterocycles. The summed E-state index contributed by atoms with van der Waals surface area (Å²) in [6, 6.07) is 9.69. The Morgan fingerprint density at radius 3 is 2.81 bits per heavy atom. The minimum Gasteiger partial charge on any atom is -0.373 e. The highest BCUT2D eigenvalue weighted by Crippen LogP contribution is 2.38. The van der Waals surface area contributed by atoms with Crippen LogP contribution < -0.4 is 15.5 Å². The molecule has 4 aromatic heterocycles. The quantitative estimate of drug-likeness (QED) is 0.432. The fourth-order valence-electron chi connectivity index (χ4n) is 3.67. The van der Waals surface area contributed by atoms with Crippen LogP contribution in [0.25, 0.3) is 11.3 Å². The number of nitrogens with zero attached hydrogens (tertiary/aromatic N) is 6. The number of pyridine rings is 1. The molecule has 1 atom stereocenters. The van der Waals surface area contributed by atoms with Crippen LogP contribution in [0, 0.1) is 13.8 Å². The van der Waals surface area contributed by atoms with Gasteiger partial charge in [-0.1, -0.05) is 5.16 Å². The minimum absolute atomic E-state index is 0.0400. The molecule has 1 fully saturated rings. The second-order valence-corrected chi connectivity index (χ2v) is 7.52. The third-order valence-corrected chi connectivity index (χ3v) is 5.26. The Labute approximate surface area is 179 Å². The Morgan fingerprint density at radius 2 is 2.06 bits per heavy atom. The molecule has 1 saturated heterocycles. The van der Waals surface area contributed by atoms with E-state index >= 15 is 0 Å². The molecule has 0 spiro atoms. The zero-order valence-corrected chi connectivity index (χ0v) is 17.5. The van der Waals surface area contributed by atoms with E-state index in [1.807, 2.05) is 51.2 Å². The molecule has 5 rings (SSSR count). The average Bonchev–Trinajstić information content (AvgIpc) is 3.36. The second kappa shape index (κ2) is 7.71. The van der Waals surface area contributed by atoms with Crippen LogP contribution in [0.15, 0.2) is 41.1 Å². The van der Waals surface area contributed by atoms with E-state index in [1.54, 1.807) is 6.20 Å². The largest absolute Gasteiger partial charge is 0.373 e. The molecule has 0 aromatic carbocycles. The van der Waals surface area contributed by atoms with Crippen molar-refractivity contribution in [2.24, 2.45) is 0 Å². The first-order valence-corrected chi connectivity index (χ1v) is 10.1. The van der Waals surface area contributed by atoms with Gasteiger partial charge in [0, 0.05) is 54.9 Å². The maximum Gasteiger partial charge on any atom is 0.228 e. The van der Waals surface area contributed by atoms with Crippen molar-refractivity contribution < 1.29 is 4.52 Å². The molecule has 1 unspecified atom stereocenters. The van der Waals surface area contributed by atoms with Gasteiger partial charge in [0.15, 0.2) is 11.6 Å². The first kappa shape index (κ1) is 19.0. The van der Waals surface area contributed by atoms with Crippen molar-refractivity contribution in [3.8, 4) is 11.3 Å². The van der Waals surface area contributed by atoms with Crippen molar-refractivity contribution in [3.05, 3.63) is 53.7 Å². The molecular weight excluding hydrogens is 394 g/mol. The fourth-order valence-corrected chi connectivity index (χ4v) is 3.67. The van der Waals surface area contributed by atoms with Gasteiger partial charge in [-0.25, -0.2) is 9.97 Å². The lowest BCUT2D eigenvalue weighted by molar-refractivity contribution is 0.315. The van der Waals surface area contributed by atoms with Crippen LogP contribution in [0.4, 0.5) is 23.4 Å². The van der Waals surface area contributed by atoms with E-state index in [9.17, 15) is 0 Å². The van der Waals surface area contributed by atoms with Gasteiger partial charge in [0.2, 0.25) is 5.95 Å². The molecule has 3 N–H and O–H groups in total. The van der Waals surface area contributed by atoms with Crippen molar-refractivity contribution in [1.82, 2.24) is 30.3 Å². The lowest BCUT2D eigenvalue weighted by Crippen LogP contribution is -2.42. The molecule has 0 radical (unpaired) electrons. The first-order chi connectivity index (χ1) is 15.1. The van der Waals surface area contributed by atoms with Crippen molar-refractivity contribution in [3.63, 3.8) is 0 Å². The topological polar surface area (TPSA) is 121 Å². The number of hydrogen-bond donors (Lipinski definition) is 3. The van der Waals surface area contributed by atoms with E-state index in [0.717, 1.165) is 53.0 Å². The van der Waals surface area contributed by atoms with Gasteiger partial charge in [-0.3, -0.25) is 5.10 Å². The van der Waals surface area contributed by atoms with Gasteiger partial charge in [-0.2, -0.15) is 10.1 Å². The summed E-state index contributed by atoms with van der Waals surface area (Å²) < 4.78 is 5.70. The van der Waals surface area contributed by atoms with Crippen molar-refractivity contribution in [1.29, 1.82) is 0 Å². The molecule has 10 heteroatoms. The molecule has 0 saturated carbocycles. The second-order valence-electron chi connectivity index (χ2n) is 7.52. The van der Waals surface area contributed by atoms with Gasteiger partial charge in [0.05, 0.1) is 6.04 Å². The van der Waals surface area contributed by atoms with Crippen LogP contribution in [0.3, 0.4) is 0 Å². The smallest absolute Gasteiger partial charge is 0.228 e. The van der Waals surface area contributed by atoms with Crippen LogP contribution in [-0.2, 0) is 0 Å². The number of nitrogens with one attached hydrogen (secondary N) is 3. The van der Waals surface area contributed by atoms with E-state index in [-0.39, 0.29) is 6.04 Å². The highest BCUT2D eigenvalue weighted by Gasteiger charge is 2.35. The molecule has 158 valence electrons. The minimum atomic E-state index is 0.0400. The summed E-state index contributed by atoms with van der Waals surface area (Å²) in [4.78, 5) is 15.8. The maximum atomic E-state index is 5.70. The monoisotopic (exact) mass is 417 g/mol. The Morgan fingerprint density at radius 1 is 1.16 bits per heavy atom. The third-order valence-electron chi connectivity index (χ3n) is 5.26. The summed E-state index contributed by atoms with van der Waals surface area (Å²) in [5.74, 6) is 3.63. The van der Waals surface area contributed by atoms with Gasteiger partial charge >= 0.3 is 0 Å². The normalized spacial score (nSPS) is 15.6. The number of anilines is 4. The number of aromatic amines is 1. The lowest BCUT2D eigenvalue weighted by atomic mass is 10.0. The molecule has 5 heterocycles. The summed E-state index contributed by atoms with van der Waals surface area (Å²) in [5, 5.41) is 17.7. The van der Waals surface area contributed by atoms with Gasteiger partial charge in [0.1, 0.15) is 17.3 Å². The molecule has 4 aromatic rings. The highest BCUT2D eigenvalue weighted by atomic mass is 16.5. The summed E-state index contributed by atoms with van der Waals surface area (Å²) in [6.07, 6.45) is 2.69. The summed E-state index contributed by atoms with van der Waals surface area (Å²) in [6.45, 7) is 4.76. The maximum absolute atomic E-state index is 5.70. The summed E-state index contributed by atoms with van der Waals surface area (Å²) >= 11 is 0. The predicted molar refractivity (Wildman–Crippen MR) is 117 cm³/mol. The van der Waals surface area contributed by atoms with E-state index in [0.29, 0.717) is 11.8 Å². The lowest BCUT2D eigenvalue weighted by Gasteiger charge is -2.39. The van der Waals surface area contributed by atoms with Crippen LogP contribution in [0.1, 0.15) is 29.6 Å². The fraction of sp³-hybridized carbons (Fsp3) is 0.286. The standard InChI is InChI=1S/C21H23N9O/c1-12-9-18(25-19-10-13(2)27-28-19)26-21(24-12)30-8-6-16(30)17-11-15(29-31-17)14-5-4-7-23-20(14)22-3/h4-5,7,9-11,16H,6,8H2,1-3H3,(H,22,23)(H2,24,25,26,27,28). The van der Waals surface area contributed by atoms with Crippen molar-refractivity contribution in [2.45, 2.75) is 26.3 Å². The van der Waals surface area contributed by atoms with Crippen molar-refractivity contribution in [2.75, 3.05) is 29.1 Å². The van der Waals surface area contributed by atoms with E-state index < -0.39 is 0 Å². The molecule has 10 nitrogen and oxygen atoms in total. The summed E-state index contributed by atoms with van der Waals surface area (Å²) in [5.41, 5.74) is 3.50. The van der Waals surface area contributed by atoms with Crippen molar-refractivity contribution >= 4 is 23.4 Å². The first-order valence-electron chi connectivity index (χ1n) is 10.1. The van der Waals surface area contributed by atoms with Crippen LogP contribution in [0.2, 0.25) is 0 Å². The SMILES string of the molecule is CNc1ncccc1-c1cc(C2CCN2c2nc(C)cc(Nc3cc(C)[nH]n3)n2)on1. The molecule has 1 aliphatic rings. The average molecular weight is 417 g/mol. The number of H-pyrrole nitrogens is 1. The van der Waals surface area contributed by atoms with E-state index in [4.69, 9.17) is 9.51 Å². The van der Waals surface area contributed by atoms with Crippen LogP contribution in [-0.4, -0.2) is 43.9 Å². The molecule has 0 amide bonds. The number of hydrogen-bond acceptors (Lipinski definition) is 9. The van der Waals surface area contributed by atoms with Crippen LogP contribution in [0.5, 0.6) is 0 Å². The number of rotatable bonds is 6. The Balaban J connectivity index is 1.39. The number of aryl methyl sites for hydroxylation is 2.